The number of aryl methyl sites for hydroxylation is 1. The molecule has 0 saturated heterocycles. The maximum absolute atomic E-state index is 12.2. The smallest absolute Gasteiger partial charge is 0.248 e. The van der Waals surface area contributed by atoms with Crippen molar-refractivity contribution < 1.29 is 22.7 Å². The topological polar surface area (TPSA) is 93.7 Å². The van der Waals surface area contributed by atoms with Gasteiger partial charge in [0.15, 0.2) is 0 Å². The molecule has 0 heterocycles. The van der Waals surface area contributed by atoms with E-state index in [1.807, 2.05) is 0 Å². The van der Waals surface area contributed by atoms with Crippen molar-refractivity contribution in [3.05, 3.63) is 53.6 Å². The molecule has 0 aliphatic carbocycles. The Morgan fingerprint density at radius 2 is 1.67 bits per heavy atom. The van der Waals surface area contributed by atoms with E-state index in [1.54, 1.807) is 57.6 Å². The van der Waals surface area contributed by atoms with E-state index in [0.29, 0.717) is 22.7 Å². The van der Waals surface area contributed by atoms with Crippen molar-refractivity contribution >= 4 is 27.7 Å². The summed E-state index contributed by atoms with van der Waals surface area (Å²) in [4.78, 5) is 12.3. The van der Waals surface area contributed by atoms with Gasteiger partial charge in [0.2, 0.25) is 15.9 Å². The van der Waals surface area contributed by atoms with Crippen LogP contribution in [0.15, 0.2) is 47.4 Å². The van der Waals surface area contributed by atoms with Crippen LogP contribution in [0.5, 0.6) is 11.5 Å². The van der Waals surface area contributed by atoms with Crippen LogP contribution in [0.1, 0.15) is 11.1 Å². The molecule has 0 atom stereocenters. The quantitative estimate of drug-likeness (QED) is 0.709. The summed E-state index contributed by atoms with van der Waals surface area (Å²) in [6.45, 7) is 1.69. The number of ether oxygens (including phenoxy) is 2. The molecule has 2 aromatic rings. The molecular weight excluding hydrogens is 368 g/mol. The van der Waals surface area contributed by atoms with Crippen molar-refractivity contribution in [3.63, 3.8) is 0 Å². The molecule has 0 saturated carbocycles. The number of rotatable bonds is 7. The van der Waals surface area contributed by atoms with Gasteiger partial charge in [-0.15, -0.1) is 0 Å². The Kier molecular flexibility index (Phi) is 6.59. The lowest BCUT2D eigenvalue weighted by Gasteiger charge is -2.09. The number of benzene rings is 2. The SMILES string of the molecule is CNS(=O)(=O)c1cc(NC(=O)/C=C/c2cc(OC)cc(OC)c2)ccc1C. The summed E-state index contributed by atoms with van der Waals surface area (Å²) >= 11 is 0. The predicted octanol–water partition coefficient (Wildman–Crippen LogP) is 2.57. The molecule has 1 amide bonds. The highest BCUT2D eigenvalue weighted by Gasteiger charge is 2.15. The minimum Gasteiger partial charge on any atom is -0.497 e. The summed E-state index contributed by atoms with van der Waals surface area (Å²) in [7, 11) is 0.823. The Balaban J connectivity index is 2.19. The van der Waals surface area contributed by atoms with Crippen LogP contribution in [-0.4, -0.2) is 35.6 Å². The highest BCUT2D eigenvalue weighted by atomic mass is 32.2. The van der Waals surface area contributed by atoms with Crippen molar-refractivity contribution in [1.82, 2.24) is 4.72 Å². The first-order chi connectivity index (χ1) is 12.8. The molecule has 0 spiro atoms. The first kappa shape index (κ1) is 20.5. The molecule has 7 nitrogen and oxygen atoms in total. The van der Waals surface area contributed by atoms with E-state index in [9.17, 15) is 13.2 Å². The fourth-order valence-corrected chi connectivity index (χ4v) is 3.35. The highest BCUT2D eigenvalue weighted by Crippen LogP contribution is 2.23. The monoisotopic (exact) mass is 390 g/mol. The number of carbonyl (C=O) groups is 1. The molecule has 0 fully saturated rings. The summed E-state index contributed by atoms with van der Waals surface area (Å²) in [5.74, 6) is 0.818. The van der Waals surface area contributed by atoms with Crippen molar-refractivity contribution in [1.29, 1.82) is 0 Å². The van der Waals surface area contributed by atoms with E-state index in [-0.39, 0.29) is 4.90 Å². The Hall–Kier alpha value is -2.84. The molecular formula is C19H22N2O5S. The molecule has 0 unspecified atom stereocenters. The minimum absolute atomic E-state index is 0.115. The van der Waals surface area contributed by atoms with Crippen molar-refractivity contribution in [3.8, 4) is 11.5 Å². The van der Waals surface area contributed by atoms with Gasteiger partial charge in [0.05, 0.1) is 19.1 Å². The number of hydrogen-bond acceptors (Lipinski definition) is 5. The predicted molar refractivity (Wildman–Crippen MR) is 105 cm³/mol. The van der Waals surface area contributed by atoms with Crippen LogP contribution < -0.4 is 19.5 Å². The maximum atomic E-state index is 12.2. The van der Waals surface area contributed by atoms with Gasteiger partial charge in [0, 0.05) is 17.8 Å². The fraction of sp³-hybridized carbons (Fsp3) is 0.211. The first-order valence-electron chi connectivity index (χ1n) is 8.05. The number of carbonyl (C=O) groups excluding carboxylic acids is 1. The maximum Gasteiger partial charge on any atom is 0.248 e. The second-order valence-corrected chi connectivity index (χ2v) is 7.51. The zero-order chi connectivity index (χ0) is 20.0. The summed E-state index contributed by atoms with van der Waals surface area (Å²) in [5.41, 5.74) is 1.69. The third kappa shape index (κ3) is 5.32. The molecule has 2 rings (SSSR count). The summed E-state index contributed by atoms with van der Waals surface area (Å²) in [5, 5.41) is 2.65. The lowest BCUT2D eigenvalue weighted by atomic mass is 10.2. The average Bonchev–Trinajstić information content (AvgIpc) is 2.67. The van der Waals surface area contributed by atoms with Gasteiger partial charge < -0.3 is 14.8 Å². The largest absolute Gasteiger partial charge is 0.497 e. The number of methoxy groups -OCH3 is 2. The summed E-state index contributed by atoms with van der Waals surface area (Å²) in [6, 6.07) is 9.95. The van der Waals surface area contributed by atoms with Crippen LogP contribution in [0.4, 0.5) is 5.69 Å². The van der Waals surface area contributed by atoms with Crippen LogP contribution in [0.3, 0.4) is 0 Å². The van der Waals surface area contributed by atoms with Gasteiger partial charge in [-0.05, 0) is 55.4 Å². The number of sulfonamides is 1. The van der Waals surface area contributed by atoms with Crippen LogP contribution in [0.25, 0.3) is 6.08 Å². The van der Waals surface area contributed by atoms with Gasteiger partial charge >= 0.3 is 0 Å². The van der Waals surface area contributed by atoms with Crippen LogP contribution in [0, 0.1) is 6.92 Å². The average molecular weight is 390 g/mol. The Bertz CT molecular complexity index is 946. The minimum atomic E-state index is -3.60. The molecule has 0 aliphatic heterocycles. The summed E-state index contributed by atoms with van der Waals surface area (Å²) in [6.07, 6.45) is 2.96. The van der Waals surface area contributed by atoms with Crippen molar-refractivity contribution in [2.45, 2.75) is 11.8 Å². The molecule has 0 bridgehead atoms. The second-order valence-electron chi connectivity index (χ2n) is 5.66. The van der Waals surface area contributed by atoms with E-state index < -0.39 is 15.9 Å². The Morgan fingerprint density at radius 1 is 1.04 bits per heavy atom. The van der Waals surface area contributed by atoms with Gasteiger partial charge in [0.25, 0.3) is 0 Å². The third-order valence-corrected chi connectivity index (χ3v) is 5.37. The highest BCUT2D eigenvalue weighted by molar-refractivity contribution is 7.89. The van der Waals surface area contributed by atoms with Crippen LogP contribution >= 0.6 is 0 Å². The lowest BCUT2D eigenvalue weighted by molar-refractivity contribution is -0.111. The number of anilines is 1. The van der Waals surface area contributed by atoms with Crippen molar-refractivity contribution in [2.75, 3.05) is 26.6 Å². The standard InChI is InChI=1S/C19H22N2O5S/c1-13-5-7-15(11-18(13)27(23,24)20-2)21-19(22)8-6-14-9-16(25-3)12-17(10-14)26-4/h5-12,20H,1-4H3,(H,21,22)/b8-6+. The van der Waals surface area contributed by atoms with E-state index in [4.69, 9.17) is 9.47 Å². The molecule has 8 heteroatoms. The van der Waals surface area contributed by atoms with E-state index >= 15 is 0 Å². The fourth-order valence-electron chi connectivity index (χ4n) is 2.36. The van der Waals surface area contributed by atoms with Gasteiger partial charge in [-0.1, -0.05) is 6.07 Å². The molecule has 0 aromatic heterocycles. The Labute approximate surface area is 159 Å². The van der Waals surface area contributed by atoms with E-state index in [2.05, 4.69) is 10.0 Å². The molecule has 2 N–H and O–H groups in total. The lowest BCUT2D eigenvalue weighted by Crippen LogP contribution is -2.20. The zero-order valence-electron chi connectivity index (χ0n) is 15.6. The number of nitrogens with one attached hydrogen (secondary N) is 2. The van der Waals surface area contributed by atoms with Gasteiger partial charge in [-0.2, -0.15) is 0 Å². The molecule has 27 heavy (non-hydrogen) atoms. The van der Waals surface area contributed by atoms with E-state index in [0.717, 1.165) is 5.56 Å². The number of hydrogen-bond donors (Lipinski definition) is 2. The van der Waals surface area contributed by atoms with Crippen LogP contribution in [0.2, 0.25) is 0 Å². The first-order valence-corrected chi connectivity index (χ1v) is 9.53. The molecule has 0 radical (unpaired) electrons. The number of amides is 1. The molecule has 144 valence electrons. The second kappa shape index (κ2) is 8.70. The van der Waals surface area contributed by atoms with Gasteiger partial charge in [-0.25, -0.2) is 13.1 Å². The normalized spacial score (nSPS) is 11.4. The van der Waals surface area contributed by atoms with Gasteiger partial charge in [-0.3, -0.25) is 4.79 Å². The van der Waals surface area contributed by atoms with Crippen LogP contribution in [-0.2, 0) is 14.8 Å². The molecule has 2 aromatic carbocycles. The summed E-state index contributed by atoms with van der Waals surface area (Å²) < 4.78 is 36.7. The third-order valence-electron chi connectivity index (χ3n) is 3.81. The Morgan fingerprint density at radius 3 is 2.22 bits per heavy atom. The molecule has 0 aliphatic rings. The van der Waals surface area contributed by atoms with E-state index in [1.165, 1.54) is 19.2 Å². The van der Waals surface area contributed by atoms with Crippen molar-refractivity contribution in [2.24, 2.45) is 0 Å². The zero-order valence-corrected chi connectivity index (χ0v) is 16.4. The van der Waals surface area contributed by atoms with Gasteiger partial charge in [0.1, 0.15) is 11.5 Å².